The van der Waals surface area contributed by atoms with Crippen LogP contribution in [0, 0.1) is 13.8 Å². The molecule has 0 fully saturated rings. The van der Waals surface area contributed by atoms with E-state index in [0.717, 1.165) is 16.7 Å². The van der Waals surface area contributed by atoms with Crippen LogP contribution in [0.4, 0.5) is 5.69 Å². The standard InChI is InChI=1S/C17H16N2O2S/c1-10-6-13-14(7-11(10)2)16(22-9-15(13)20)17(21)19-12-4-3-5-18-8-12/h3-8,16H,9H2,1-2H3,(H,19,21)/t16-/m1/s1. The molecule has 1 aromatic heterocycles. The molecule has 0 saturated carbocycles. The molecule has 2 aromatic rings. The average molecular weight is 312 g/mol. The van der Waals surface area contributed by atoms with E-state index >= 15 is 0 Å². The van der Waals surface area contributed by atoms with Crippen LogP contribution in [0.15, 0.2) is 36.7 Å². The van der Waals surface area contributed by atoms with E-state index in [0.29, 0.717) is 17.0 Å². The highest BCUT2D eigenvalue weighted by Crippen LogP contribution is 2.38. The average Bonchev–Trinajstić information content (AvgIpc) is 2.50. The lowest BCUT2D eigenvalue weighted by molar-refractivity contribution is -0.115. The second-order valence-electron chi connectivity index (χ2n) is 5.37. The van der Waals surface area contributed by atoms with Crippen LogP contribution in [0.1, 0.15) is 32.3 Å². The van der Waals surface area contributed by atoms with Gasteiger partial charge in [-0.1, -0.05) is 6.07 Å². The Morgan fingerprint density at radius 3 is 2.82 bits per heavy atom. The van der Waals surface area contributed by atoms with E-state index in [-0.39, 0.29) is 16.9 Å². The molecule has 0 unspecified atom stereocenters. The Labute approximate surface area is 133 Å². The Kier molecular flexibility index (Phi) is 3.98. The largest absolute Gasteiger partial charge is 0.323 e. The normalized spacial score (nSPS) is 17.0. The Morgan fingerprint density at radius 2 is 2.09 bits per heavy atom. The summed E-state index contributed by atoms with van der Waals surface area (Å²) in [5.41, 5.74) is 4.31. The van der Waals surface area contributed by atoms with Gasteiger partial charge < -0.3 is 5.32 Å². The van der Waals surface area contributed by atoms with Gasteiger partial charge in [0.25, 0.3) is 0 Å². The van der Waals surface area contributed by atoms with Gasteiger partial charge >= 0.3 is 0 Å². The van der Waals surface area contributed by atoms with Gasteiger partial charge in [0.05, 0.1) is 17.6 Å². The number of aryl methyl sites for hydroxylation is 2. The summed E-state index contributed by atoms with van der Waals surface area (Å²) in [6.07, 6.45) is 3.27. The number of hydrogen-bond donors (Lipinski definition) is 1. The third kappa shape index (κ3) is 2.76. The fraction of sp³-hybridized carbons (Fsp3) is 0.235. The van der Waals surface area contributed by atoms with Gasteiger partial charge in [-0.05, 0) is 48.7 Å². The summed E-state index contributed by atoms with van der Waals surface area (Å²) in [5.74, 6) is 0.309. The maximum Gasteiger partial charge on any atom is 0.242 e. The third-order valence-corrected chi connectivity index (χ3v) is 5.03. The van der Waals surface area contributed by atoms with Gasteiger partial charge in [0, 0.05) is 11.8 Å². The lowest BCUT2D eigenvalue weighted by Crippen LogP contribution is -2.26. The summed E-state index contributed by atoms with van der Waals surface area (Å²) < 4.78 is 0. The minimum absolute atomic E-state index is 0.0912. The molecule has 22 heavy (non-hydrogen) atoms. The molecular formula is C17H16N2O2S. The molecule has 5 heteroatoms. The van der Waals surface area contributed by atoms with Gasteiger partial charge in [-0.3, -0.25) is 14.6 Å². The third-order valence-electron chi connectivity index (χ3n) is 3.80. The zero-order valence-corrected chi connectivity index (χ0v) is 13.2. The first-order valence-corrected chi connectivity index (χ1v) is 8.08. The number of ketones is 1. The SMILES string of the molecule is Cc1cc2c(cc1C)[C@H](C(=O)Nc1cccnc1)SCC2=O. The Balaban J connectivity index is 1.93. The van der Waals surface area contributed by atoms with E-state index in [9.17, 15) is 9.59 Å². The molecule has 1 aliphatic rings. The lowest BCUT2D eigenvalue weighted by Gasteiger charge is -2.24. The van der Waals surface area contributed by atoms with Gasteiger partial charge in [-0.25, -0.2) is 0 Å². The van der Waals surface area contributed by atoms with Crippen LogP contribution >= 0.6 is 11.8 Å². The highest BCUT2D eigenvalue weighted by molar-refractivity contribution is 8.01. The Hall–Kier alpha value is -2.14. The number of rotatable bonds is 2. The summed E-state index contributed by atoms with van der Waals surface area (Å²) in [7, 11) is 0. The molecular weight excluding hydrogens is 296 g/mol. The molecule has 1 aliphatic heterocycles. The number of nitrogens with zero attached hydrogens (tertiary/aromatic N) is 1. The monoisotopic (exact) mass is 312 g/mol. The van der Waals surface area contributed by atoms with E-state index in [1.165, 1.54) is 11.8 Å². The smallest absolute Gasteiger partial charge is 0.242 e. The van der Waals surface area contributed by atoms with Crippen LogP contribution in [0.2, 0.25) is 0 Å². The quantitative estimate of drug-likeness (QED) is 0.924. The van der Waals surface area contributed by atoms with Crippen molar-refractivity contribution in [1.29, 1.82) is 0 Å². The highest BCUT2D eigenvalue weighted by Gasteiger charge is 2.31. The number of anilines is 1. The van der Waals surface area contributed by atoms with Gasteiger partial charge in [-0.2, -0.15) is 0 Å². The Bertz CT molecular complexity index is 744. The number of nitrogens with one attached hydrogen (secondary N) is 1. The molecule has 4 nitrogen and oxygen atoms in total. The van der Waals surface area contributed by atoms with Crippen molar-refractivity contribution < 1.29 is 9.59 Å². The molecule has 1 N–H and O–H groups in total. The first kappa shape index (κ1) is 14.8. The number of hydrogen-bond acceptors (Lipinski definition) is 4. The molecule has 1 amide bonds. The van der Waals surface area contributed by atoms with Crippen molar-refractivity contribution in [3.05, 3.63) is 58.9 Å². The summed E-state index contributed by atoms with van der Waals surface area (Å²) in [4.78, 5) is 28.7. The van der Waals surface area contributed by atoms with E-state index in [4.69, 9.17) is 0 Å². The molecule has 0 bridgehead atoms. The summed E-state index contributed by atoms with van der Waals surface area (Å²) in [6, 6.07) is 7.43. The van der Waals surface area contributed by atoms with Crippen LogP contribution in [0.3, 0.4) is 0 Å². The number of aromatic nitrogens is 1. The molecule has 112 valence electrons. The van der Waals surface area contributed by atoms with Crippen molar-refractivity contribution in [2.24, 2.45) is 0 Å². The van der Waals surface area contributed by atoms with E-state index < -0.39 is 0 Å². The number of carbonyl (C=O) groups is 2. The van der Waals surface area contributed by atoms with E-state index in [1.807, 2.05) is 26.0 Å². The number of carbonyl (C=O) groups excluding carboxylic acids is 2. The predicted molar refractivity (Wildman–Crippen MR) is 88.3 cm³/mol. The number of Topliss-reactive ketones (excluding diaryl/α,β-unsaturated/α-hetero) is 1. The molecule has 2 heterocycles. The van der Waals surface area contributed by atoms with Crippen molar-refractivity contribution in [3.63, 3.8) is 0 Å². The van der Waals surface area contributed by atoms with Crippen molar-refractivity contribution in [2.45, 2.75) is 19.1 Å². The minimum atomic E-state index is -0.368. The van der Waals surface area contributed by atoms with E-state index in [2.05, 4.69) is 10.3 Å². The number of benzene rings is 1. The summed E-state index contributed by atoms with van der Waals surface area (Å²) in [5, 5.41) is 2.50. The fourth-order valence-corrected chi connectivity index (χ4v) is 3.54. The van der Waals surface area contributed by atoms with Crippen LogP contribution in [0.5, 0.6) is 0 Å². The lowest BCUT2D eigenvalue weighted by atomic mass is 9.94. The zero-order valence-electron chi connectivity index (χ0n) is 12.4. The first-order chi connectivity index (χ1) is 10.6. The fourth-order valence-electron chi connectivity index (χ4n) is 2.48. The number of fused-ring (bicyclic) bond motifs is 1. The molecule has 0 spiro atoms. The molecule has 0 saturated heterocycles. The van der Waals surface area contributed by atoms with Crippen molar-refractivity contribution in [2.75, 3.05) is 11.1 Å². The van der Waals surface area contributed by atoms with Crippen LogP contribution in [0.25, 0.3) is 0 Å². The van der Waals surface area contributed by atoms with Gasteiger partial charge in [0.2, 0.25) is 5.91 Å². The molecule has 0 aliphatic carbocycles. The molecule has 0 radical (unpaired) electrons. The number of thioether (sulfide) groups is 1. The van der Waals surface area contributed by atoms with Crippen molar-refractivity contribution in [1.82, 2.24) is 4.98 Å². The maximum atomic E-state index is 12.6. The first-order valence-electron chi connectivity index (χ1n) is 7.03. The Morgan fingerprint density at radius 1 is 1.32 bits per heavy atom. The van der Waals surface area contributed by atoms with Crippen LogP contribution < -0.4 is 5.32 Å². The summed E-state index contributed by atoms with van der Waals surface area (Å²) >= 11 is 1.37. The predicted octanol–water partition coefficient (Wildman–Crippen LogP) is 3.31. The van der Waals surface area contributed by atoms with Gasteiger partial charge in [0.15, 0.2) is 5.78 Å². The van der Waals surface area contributed by atoms with Gasteiger partial charge in [0.1, 0.15) is 5.25 Å². The molecule has 1 aromatic carbocycles. The van der Waals surface area contributed by atoms with E-state index in [1.54, 1.807) is 24.5 Å². The number of pyridine rings is 1. The van der Waals surface area contributed by atoms with Gasteiger partial charge in [-0.15, -0.1) is 11.8 Å². The second kappa shape index (κ2) is 5.93. The zero-order chi connectivity index (χ0) is 15.7. The second-order valence-corrected chi connectivity index (χ2v) is 6.46. The maximum absolute atomic E-state index is 12.6. The molecule has 1 atom stereocenters. The summed E-state index contributed by atoms with van der Waals surface area (Å²) in [6.45, 7) is 3.98. The van der Waals surface area contributed by atoms with Crippen molar-refractivity contribution in [3.8, 4) is 0 Å². The minimum Gasteiger partial charge on any atom is -0.323 e. The van der Waals surface area contributed by atoms with Crippen LogP contribution in [-0.4, -0.2) is 22.4 Å². The topological polar surface area (TPSA) is 59.1 Å². The number of amides is 1. The highest BCUT2D eigenvalue weighted by atomic mass is 32.2. The van der Waals surface area contributed by atoms with Crippen LogP contribution in [-0.2, 0) is 4.79 Å². The molecule has 3 rings (SSSR count). The van der Waals surface area contributed by atoms with Crippen molar-refractivity contribution >= 4 is 29.1 Å².